The Bertz CT molecular complexity index is 433. The zero-order valence-corrected chi connectivity index (χ0v) is 12.1. The first-order valence-electron chi connectivity index (χ1n) is 6.32. The van der Waals surface area contributed by atoms with Gasteiger partial charge in [0.25, 0.3) is 5.91 Å². The molecule has 0 bridgehead atoms. The number of methoxy groups -OCH3 is 1. The molecule has 1 aromatic carbocycles. The largest absolute Gasteiger partial charge is 0.397 e. The fourth-order valence-electron chi connectivity index (χ4n) is 1.70. The highest BCUT2D eigenvalue weighted by Gasteiger charge is 2.11. The van der Waals surface area contributed by atoms with Crippen molar-refractivity contribution < 1.29 is 9.53 Å². The molecule has 0 saturated heterocycles. The number of amides is 1. The third-order valence-electron chi connectivity index (χ3n) is 2.86. The van der Waals surface area contributed by atoms with E-state index >= 15 is 0 Å². The van der Waals surface area contributed by atoms with Gasteiger partial charge in [-0.1, -0.05) is 0 Å². The van der Waals surface area contributed by atoms with Crippen LogP contribution in [0.3, 0.4) is 0 Å². The van der Waals surface area contributed by atoms with Crippen molar-refractivity contribution >= 4 is 17.3 Å². The van der Waals surface area contributed by atoms with Crippen LogP contribution in [0.1, 0.15) is 23.7 Å². The second-order valence-electron chi connectivity index (χ2n) is 4.83. The summed E-state index contributed by atoms with van der Waals surface area (Å²) >= 11 is 0. The van der Waals surface area contributed by atoms with Gasteiger partial charge in [0, 0.05) is 39.4 Å². The zero-order valence-electron chi connectivity index (χ0n) is 12.1. The molecule has 0 spiro atoms. The van der Waals surface area contributed by atoms with Gasteiger partial charge in [-0.15, -0.1) is 0 Å². The molecular formula is C14H23N3O2. The van der Waals surface area contributed by atoms with Gasteiger partial charge in [-0.3, -0.25) is 4.79 Å². The lowest BCUT2D eigenvalue weighted by Crippen LogP contribution is -2.22. The molecule has 0 aliphatic rings. The minimum absolute atomic E-state index is 0.0346. The molecule has 0 saturated carbocycles. The van der Waals surface area contributed by atoms with Crippen LogP contribution < -0.4 is 11.1 Å². The number of rotatable bonds is 6. The van der Waals surface area contributed by atoms with E-state index in [1.807, 2.05) is 0 Å². The molecule has 1 amide bonds. The lowest BCUT2D eigenvalue weighted by Gasteiger charge is -2.18. The number of nitrogens with zero attached hydrogens (tertiary/aromatic N) is 1. The molecule has 1 atom stereocenters. The molecule has 106 valence electrons. The van der Waals surface area contributed by atoms with Crippen molar-refractivity contribution in [2.45, 2.75) is 19.4 Å². The van der Waals surface area contributed by atoms with Crippen molar-refractivity contribution in [1.82, 2.24) is 4.90 Å². The van der Waals surface area contributed by atoms with E-state index < -0.39 is 0 Å². The molecular weight excluding hydrogens is 242 g/mol. The molecule has 1 rings (SSSR count). The summed E-state index contributed by atoms with van der Waals surface area (Å²) < 4.78 is 5.04. The average Bonchev–Trinajstić information content (AvgIpc) is 2.38. The van der Waals surface area contributed by atoms with Gasteiger partial charge in [0.15, 0.2) is 0 Å². The van der Waals surface area contributed by atoms with Crippen LogP contribution in [0.2, 0.25) is 0 Å². The molecule has 5 nitrogen and oxygen atoms in total. The highest BCUT2D eigenvalue weighted by Crippen LogP contribution is 2.22. The van der Waals surface area contributed by atoms with E-state index in [9.17, 15) is 4.79 Å². The summed E-state index contributed by atoms with van der Waals surface area (Å²) in [5.41, 5.74) is 7.98. The van der Waals surface area contributed by atoms with E-state index in [4.69, 9.17) is 10.5 Å². The predicted molar refractivity (Wildman–Crippen MR) is 78.4 cm³/mol. The maximum atomic E-state index is 11.9. The summed E-state index contributed by atoms with van der Waals surface area (Å²) in [6.45, 7) is 2.74. The molecule has 1 aromatic rings. The van der Waals surface area contributed by atoms with Gasteiger partial charge in [-0.2, -0.15) is 0 Å². The fraction of sp³-hybridized carbons (Fsp3) is 0.500. The fourth-order valence-corrected chi connectivity index (χ4v) is 1.70. The topological polar surface area (TPSA) is 67.6 Å². The van der Waals surface area contributed by atoms with Crippen LogP contribution in [0.15, 0.2) is 18.2 Å². The van der Waals surface area contributed by atoms with Gasteiger partial charge < -0.3 is 20.7 Å². The van der Waals surface area contributed by atoms with Gasteiger partial charge in [-0.05, 0) is 31.5 Å². The maximum Gasteiger partial charge on any atom is 0.253 e. The Kier molecular flexibility index (Phi) is 5.63. The summed E-state index contributed by atoms with van der Waals surface area (Å²) in [6, 6.07) is 5.51. The van der Waals surface area contributed by atoms with Gasteiger partial charge in [0.1, 0.15) is 0 Å². The Hall–Kier alpha value is -1.75. The highest BCUT2D eigenvalue weighted by atomic mass is 16.5. The number of carbonyl (C=O) groups excluding carboxylic acids is 1. The minimum Gasteiger partial charge on any atom is -0.397 e. The van der Waals surface area contributed by atoms with Crippen LogP contribution in [0.4, 0.5) is 11.4 Å². The molecule has 0 fully saturated rings. The van der Waals surface area contributed by atoms with Crippen molar-refractivity contribution in [3.05, 3.63) is 23.8 Å². The van der Waals surface area contributed by atoms with E-state index in [1.165, 1.54) is 0 Å². The van der Waals surface area contributed by atoms with Crippen molar-refractivity contribution in [3.8, 4) is 0 Å². The first-order chi connectivity index (χ1) is 8.95. The molecule has 0 aliphatic heterocycles. The molecule has 0 aromatic heterocycles. The second-order valence-corrected chi connectivity index (χ2v) is 4.83. The number of anilines is 2. The molecule has 0 aliphatic carbocycles. The first-order valence-corrected chi connectivity index (χ1v) is 6.32. The van der Waals surface area contributed by atoms with Crippen LogP contribution in [0.25, 0.3) is 0 Å². The number of hydrogen-bond acceptors (Lipinski definition) is 4. The van der Waals surface area contributed by atoms with E-state index in [2.05, 4.69) is 12.2 Å². The number of benzene rings is 1. The number of nitrogen functional groups attached to an aromatic ring is 1. The van der Waals surface area contributed by atoms with Gasteiger partial charge in [-0.25, -0.2) is 0 Å². The molecule has 3 N–H and O–H groups in total. The molecule has 19 heavy (non-hydrogen) atoms. The van der Waals surface area contributed by atoms with Crippen molar-refractivity contribution in [2.24, 2.45) is 0 Å². The van der Waals surface area contributed by atoms with Crippen LogP contribution in [0.5, 0.6) is 0 Å². The summed E-state index contributed by atoms with van der Waals surface area (Å²) in [6.07, 6.45) is 0.877. The monoisotopic (exact) mass is 265 g/mol. The lowest BCUT2D eigenvalue weighted by atomic mass is 10.1. The molecule has 0 heterocycles. The zero-order chi connectivity index (χ0) is 14.4. The Morgan fingerprint density at radius 1 is 1.47 bits per heavy atom. The normalized spacial score (nSPS) is 12.0. The number of ether oxygens (including phenoxy) is 1. The van der Waals surface area contributed by atoms with Gasteiger partial charge in [0.05, 0.1) is 11.4 Å². The van der Waals surface area contributed by atoms with Crippen molar-refractivity contribution in [1.29, 1.82) is 0 Å². The van der Waals surface area contributed by atoms with E-state index in [-0.39, 0.29) is 11.9 Å². The Morgan fingerprint density at radius 3 is 2.74 bits per heavy atom. The van der Waals surface area contributed by atoms with Gasteiger partial charge >= 0.3 is 0 Å². The summed E-state index contributed by atoms with van der Waals surface area (Å²) in [4.78, 5) is 13.4. The van der Waals surface area contributed by atoms with Crippen LogP contribution in [-0.2, 0) is 4.74 Å². The van der Waals surface area contributed by atoms with E-state index in [0.29, 0.717) is 17.9 Å². The summed E-state index contributed by atoms with van der Waals surface area (Å²) in [7, 11) is 5.14. The predicted octanol–water partition coefficient (Wildman–Crippen LogP) is 1.81. The van der Waals surface area contributed by atoms with Gasteiger partial charge in [0.2, 0.25) is 0 Å². The van der Waals surface area contributed by atoms with Crippen molar-refractivity contribution in [3.63, 3.8) is 0 Å². The SMILES string of the molecule is COCCC(C)Nc1cc(C(=O)N(C)C)ccc1N. The third-order valence-corrected chi connectivity index (χ3v) is 2.86. The number of carbonyl (C=O) groups is 1. The van der Waals surface area contributed by atoms with E-state index in [1.54, 1.807) is 44.3 Å². The Morgan fingerprint density at radius 2 is 2.16 bits per heavy atom. The Labute approximate surface area is 114 Å². The summed E-state index contributed by atoms with van der Waals surface area (Å²) in [5, 5.41) is 3.30. The van der Waals surface area contributed by atoms with Crippen LogP contribution in [0, 0.1) is 0 Å². The van der Waals surface area contributed by atoms with Crippen LogP contribution >= 0.6 is 0 Å². The highest BCUT2D eigenvalue weighted by molar-refractivity contribution is 5.95. The lowest BCUT2D eigenvalue weighted by molar-refractivity contribution is 0.0827. The standard InChI is InChI=1S/C14H23N3O2/c1-10(7-8-19-4)16-13-9-11(5-6-12(13)15)14(18)17(2)3/h5-6,9-10,16H,7-8,15H2,1-4H3. The first kappa shape index (κ1) is 15.3. The summed E-state index contributed by atoms with van der Waals surface area (Å²) in [5.74, 6) is -0.0346. The molecule has 5 heteroatoms. The average molecular weight is 265 g/mol. The van der Waals surface area contributed by atoms with Crippen LogP contribution in [-0.4, -0.2) is 44.7 Å². The van der Waals surface area contributed by atoms with E-state index in [0.717, 1.165) is 12.1 Å². The molecule has 1 unspecified atom stereocenters. The number of nitrogens with one attached hydrogen (secondary N) is 1. The maximum absolute atomic E-state index is 11.9. The number of hydrogen-bond donors (Lipinski definition) is 2. The third kappa shape index (κ3) is 4.44. The second kappa shape index (κ2) is 6.99. The molecule has 0 radical (unpaired) electrons. The van der Waals surface area contributed by atoms with Crippen molar-refractivity contribution in [2.75, 3.05) is 38.9 Å². The quantitative estimate of drug-likeness (QED) is 0.770. The smallest absolute Gasteiger partial charge is 0.253 e. The minimum atomic E-state index is -0.0346. The Balaban J connectivity index is 2.82. The number of nitrogens with two attached hydrogens (primary N) is 1.